The van der Waals surface area contributed by atoms with Gasteiger partial charge in [0, 0.05) is 32.3 Å². The van der Waals surface area contributed by atoms with E-state index in [1.807, 2.05) is 4.90 Å². The van der Waals surface area contributed by atoms with Crippen LogP contribution in [0.25, 0.3) is 10.9 Å². The van der Waals surface area contributed by atoms with Crippen LogP contribution in [0.5, 0.6) is 6.01 Å². The van der Waals surface area contributed by atoms with E-state index in [0.717, 1.165) is 32.2 Å². The molecule has 1 N–H and O–H groups in total. The highest BCUT2D eigenvalue weighted by atomic mass is 35.5. The first-order chi connectivity index (χ1) is 16.3. The third kappa shape index (κ3) is 3.43. The van der Waals surface area contributed by atoms with Gasteiger partial charge in [-0.05, 0) is 32.2 Å². The van der Waals surface area contributed by atoms with Crippen LogP contribution in [0.3, 0.4) is 0 Å². The van der Waals surface area contributed by atoms with Crippen LogP contribution in [0, 0.1) is 5.82 Å². The molecule has 6 heterocycles. The number of halogens is 3. The molecule has 34 heavy (non-hydrogen) atoms. The zero-order chi connectivity index (χ0) is 23.6. The maximum atomic E-state index is 15.0. The average Bonchev–Trinajstić information content (AvgIpc) is 3.42. The fourth-order valence-corrected chi connectivity index (χ4v) is 6.48. The number of ether oxygens (including phenoxy) is 1. The molecule has 12 heteroatoms. The van der Waals surface area contributed by atoms with E-state index in [9.17, 15) is 18.7 Å². The van der Waals surface area contributed by atoms with Gasteiger partial charge in [-0.2, -0.15) is 9.97 Å². The Kier molecular flexibility index (Phi) is 5.18. The van der Waals surface area contributed by atoms with Gasteiger partial charge >= 0.3 is 12.1 Å². The van der Waals surface area contributed by atoms with Crippen molar-refractivity contribution in [2.45, 2.75) is 55.9 Å². The second-order valence-corrected chi connectivity index (χ2v) is 10.2. The summed E-state index contributed by atoms with van der Waals surface area (Å²) in [5, 5.41) is 9.68. The van der Waals surface area contributed by atoms with Crippen molar-refractivity contribution in [2.75, 3.05) is 37.7 Å². The maximum Gasteiger partial charge on any atom is 0.407 e. The van der Waals surface area contributed by atoms with Gasteiger partial charge in [0.15, 0.2) is 11.0 Å². The minimum Gasteiger partial charge on any atom is -0.465 e. The standard InChI is InChI=1S/C22H25ClF2N6O3/c23-18-16(25)17-15(7-26-18)19(29-9-13-2-3-14(10-29)31(13)21(32)33)28-20(27-17)34-11-22-4-1-5-30(22)8-12(24)6-22/h7,12-14H,1-6,8-11H2,(H,32,33)/t12-,13?,14?,22+/m1/s1. The van der Waals surface area contributed by atoms with E-state index in [0.29, 0.717) is 37.3 Å². The van der Waals surface area contributed by atoms with E-state index < -0.39 is 23.6 Å². The first kappa shape index (κ1) is 22.0. The number of amides is 1. The number of rotatable bonds is 4. The number of hydrogen-bond acceptors (Lipinski definition) is 7. The fraction of sp³-hybridized carbons (Fsp3) is 0.636. The van der Waals surface area contributed by atoms with Crippen LogP contribution in [0.15, 0.2) is 6.20 Å². The van der Waals surface area contributed by atoms with E-state index in [-0.39, 0.29) is 35.4 Å². The van der Waals surface area contributed by atoms with Crippen molar-refractivity contribution < 1.29 is 23.4 Å². The first-order valence-electron chi connectivity index (χ1n) is 11.6. The lowest BCUT2D eigenvalue weighted by atomic mass is 9.95. The quantitative estimate of drug-likeness (QED) is 0.648. The molecule has 0 aromatic carbocycles. The summed E-state index contributed by atoms with van der Waals surface area (Å²) in [6, 6.07) is -0.330. The van der Waals surface area contributed by atoms with Gasteiger partial charge in [-0.25, -0.2) is 18.6 Å². The Morgan fingerprint density at radius 3 is 2.76 bits per heavy atom. The van der Waals surface area contributed by atoms with E-state index >= 15 is 0 Å². The van der Waals surface area contributed by atoms with Crippen molar-refractivity contribution >= 4 is 34.4 Å². The number of hydrogen-bond donors (Lipinski definition) is 1. The van der Waals surface area contributed by atoms with Gasteiger partial charge in [0.25, 0.3) is 0 Å². The van der Waals surface area contributed by atoms with Gasteiger partial charge < -0.3 is 14.7 Å². The molecule has 4 aliphatic rings. The Labute approximate surface area is 199 Å². The predicted octanol–water partition coefficient (Wildman–Crippen LogP) is 3.10. The van der Waals surface area contributed by atoms with Gasteiger partial charge in [-0.15, -0.1) is 0 Å². The average molecular weight is 495 g/mol. The molecule has 182 valence electrons. The highest BCUT2D eigenvalue weighted by Crippen LogP contribution is 2.41. The van der Waals surface area contributed by atoms with Gasteiger partial charge in [0.05, 0.1) is 23.0 Å². The van der Waals surface area contributed by atoms with Crippen molar-refractivity contribution in [3.8, 4) is 6.01 Å². The van der Waals surface area contributed by atoms with E-state index in [2.05, 4.69) is 19.9 Å². The van der Waals surface area contributed by atoms with Crippen LogP contribution in [0.1, 0.15) is 32.1 Å². The molecule has 4 saturated heterocycles. The highest BCUT2D eigenvalue weighted by Gasteiger charge is 2.49. The Hall–Kier alpha value is -2.53. The Bertz CT molecular complexity index is 1140. The van der Waals surface area contributed by atoms with E-state index in [4.69, 9.17) is 16.3 Å². The highest BCUT2D eigenvalue weighted by molar-refractivity contribution is 6.30. The molecule has 6 rings (SSSR count). The third-order valence-electron chi connectivity index (χ3n) is 7.83. The lowest BCUT2D eigenvalue weighted by Gasteiger charge is -2.40. The molecule has 0 saturated carbocycles. The number of pyridine rings is 1. The lowest BCUT2D eigenvalue weighted by molar-refractivity contribution is 0.107. The SMILES string of the molecule is O=C(O)N1C2CCC1CN(c1nc(OC[C@@]34CCCN3C[C@H](F)C4)nc3c(F)c(Cl)ncc13)C2. The minimum absolute atomic E-state index is 0.000195. The fourth-order valence-electron chi connectivity index (χ4n) is 6.34. The summed E-state index contributed by atoms with van der Waals surface area (Å²) in [6.45, 7) is 2.32. The summed E-state index contributed by atoms with van der Waals surface area (Å²) in [5.41, 5.74) is -0.387. The van der Waals surface area contributed by atoms with Crippen molar-refractivity contribution in [3.63, 3.8) is 0 Å². The molecular weight excluding hydrogens is 470 g/mol. The number of fused-ring (bicyclic) bond motifs is 4. The van der Waals surface area contributed by atoms with Crippen LogP contribution in [0.4, 0.5) is 19.4 Å². The summed E-state index contributed by atoms with van der Waals surface area (Å²) < 4.78 is 35.1. The third-order valence-corrected chi connectivity index (χ3v) is 8.10. The van der Waals surface area contributed by atoms with Crippen molar-refractivity contribution in [1.29, 1.82) is 0 Å². The summed E-state index contributed by atoms with van der Waals surface area (Å²) in [4.78, 5) is 30.1. The molecule has 4 fully saturated rings. The van der Waals surface area contributed by atoms with Crippen LogP contribution >= 0.6 is 11.6 Å². The van der Waals surface area contributed by atoms with Gasteiger partial charge in [-0.1, -0.05) is 11.6 Å². The molecular formula is C22H25ClF2N6O3. The number of carbonyl (C=O) groups is 1. The number of nitrogens with zero attached hydrogens (tertiary/aromatic N) is 6. The minimum atomic E-state index is -0.925. The smallest absolute Gasteiger partial charge is 0.407 e. The molecule has 4 atom stereocenters. The van der Waals surface area contributed by atoms with Crippen molar-refractivity contribution in [2.24, 2.45) is 0 Å². The van der Waals surface area contributed by atoms with Gasteiger partial charge in [0.1, 0.15) is 24.1 Å². The molecule has 9 nitrogen and oxygen atoms in total. The largest absolute Gasteiger partial charge is 0.465 e. The summed E-state index contributed by atoms with van der Waals surface area (Å²) >= 11 is 5.94. The molecule has 2 aromatic rings. The summed E-state index contributed by atoms with van der Waals surface area (Å²) in [6.07, 6.45) is 3.37. The number of carboxylic acid groups (broad SMARTS) is 1. The number of aromatic nitrogens is 3. The number of piperazine rings is 1. The zero-order valence-corrected chi connectivity index (χ0v) is 19.2. The van der Waals surface area contributed by atoms with Crippen molar-refractivity contribution in [3.05, 3.63) is 17.2 Å². The summed E-state index contributed by atoms with van der Waals surface area (Å²) in [7, 11) is 0. The first-order valence-corrected chi connectivity index (χ1v) is 12.0. The van der Waals surface area contributed by atoms with Gasteiger partial charge in [-0.3, -0.25) is 9.80 Å². The molecule has 2 unspecified atom stereocenters. The molecule has 1 amide bonds. The zero-order valence-electron chi connectivity index (χ0n) is 18.5. The normalized spacial score (nSPS) is 30.9. The Morgan fingerprint density at radius 1 is 1.26 bits per heavy atom. The molecule has 2 bridgehead atoms. The molecule has 0 spiro atoms. The van der Waals surface area contributed by atoms with Crippen LogP contribution < -0.4 is 9.64 Å². The topological polar surface area (TPSA) is 94.9 Å². The number of alkyl halides is 1. The second kappa shape index (κ2) is 8.01. The van der Waals surface area contributed by atoms with Gasteiger partial charge in [0.2, 0.25) is 0 Å². The molecule has 0 radical (unpaired) electrons. The Balaban J connectivity index is 1.34. The number of anilines is 1. The monoisotopic (exact) mass is 494 g/mol. The summed E-state index contributed by atoms with van der Waals surface area (Å²) in [5.74, 6) is -0.314. The maximum absolute atomic E-state index is 15.0. The lowest BCUT2D eigenvalue weighted by Crippen LogP contribution is -2.55. The molecule has 0 aliphatic carbocycles. The van der Waals surface area contributed by atoms with Crippen LogP contribution in [-0.4, -0.2) is 92.5 Å². The van der Waals surface area contributed by atoms with E-state index in [1.54, 1.807) is 0 Å². The molecule has 4 aliphatic heterocycles. The van der Waals surface area contributed by atoms with Crippen LogP contribution in [0.2, 0.25) is 5.15 Å². The predicted molar refractivity (Wildman–Crippen MR) is 120 cm³/mol. The second-order valence-electron chi connectivity index (χ2n) is 9.80. The van der Waals surface area contributed by atoms with Crippen molar-refractivity contribution in [1.82, 2.24) is 24.8 Å². The Morgan fingerprint density at radius 2 is 2.03 bits per heavy atom. The van der Waals surface area contributed by atoms with Crippen LogP contribution in [-0.2, 0) is 0 Å². The molecule has 2 aromatic heterocycles. The van der Waals surface area contributed by atoms with E-state index in [1.165, 1.54) is 11.1 Å².